The van der Waals surface area contributed by atoms with Crippen molar-refractivity contribution < 1.29 is 0 Å². The lowest BCUT2D eigenvalue weighted by Gasteiger charge is -2.43. The predicted octanol–water partition coefficient (Wildman–Crippen LogP) is 0.805. The Bertz CT molecular complexity index is 354. The molecule has 4 nitrogen and oxygen atoms in total. The van der Waals surface area contributed by atoms with Crippen LogP contribution in [0.15, 0.2) is 24.4 Å². The standard InChI is InChI=1S/C14H24N4/c1-12-9-18(10-13-6-4-5-7-16-13)14(8-15-2)11-17(12)3/h4-7,12,14-15H,8-11H2,1-3H3. The molecule has 1 N–H and O–H groups in total. The number of pyridine rings is 1. The zero-order valence-electron chi connectivity index (χ0n) is 11.6. The predicted molar refractivity (Wildman–Crippen MR) is 74.5 cm³/mol. The van der Waals surface area contributed by atoms with Crippen molar-refractivity contribution in [3.05, 3.63) is 30.1 Å². The molecule has 4 heteroatoms. The van der Waals surface area contributed by atoms with Crippen molar-refractivity contribution >= 4 is 0 Å². The molecule has 0 aromatic carbocycles. The Kier molecular flexibility index (Phi) is 4.69. The minimum absolute atomic E-state index is 0.568. The van der Waals surface area contributed by atoms with Crippen LogP contribution in [0.1, 0.15) is 12.6 Å². The van der Waals surface area contributed by atoms with Crippen molar-refractivity contribution in [2.24, 2.45) is 0 Å². The van der Waals surface area contributed by atoms with Crippen molar-refractivity contribution in [3.8, 4) is 0 Å². The molecule has 18 heavy (non-hydrogen) atoms. The number of nitrogens with one attached hydrogen (secondary N) is 1. The Labute approximate surface area is 110 Å². The molecule has 0 bridgehead atoms. The van der Waals surface area contributed by atoms with Crippen LogP contribution < -0.4 is 5.32 Å². The maximum Gasteiger partial charge on any atom is 0.0544 e. The quantitative estimate of drug-likeness (QED) is 0.854. The number of piperazine rings is 1. The highest BCUT2D eigenvalue weighted by atomic mass is 15.3. The average Bonchev–Trinajstić information content (AvgIpc) is 2.37. The fraction of sp³-hybridized carbons (Fsp3) is 0.643. The van der Waals surface area contributed by atoms with Gasteiger partial charge in [-0.1, -0.05) is 6.07 Å². The van der Waals surface area contributed by atoms with E-state index in [0.717, 1.165) is 31.9 Å². The number of aromatic nitrogens is 1. The Hall–Kier alpha value is -0.970. The van der Waals surface area contributed by atoms with Gasteiger partial charge in [0, 0.05) is 44.5 Å². The SMILES string of the molecule is CNCC1CN(C)C(C)CN1Cc1ccccn1. The average molecular weight is 248 g/mol. The van der Waals surface area contributed by atoms with Gasteiger partial charge in [0.1, 0.15) is 0 Å². The minimum Gasteiger partial charge on any atom is -0.318 e. The largest absolute Gasteiger partial charge is 0.318 e. The van der Waals surface area contributed by atoms with Crippen molar-refractivity contribution in [2.75, 3.05) is 33.7 Å². The highest BCUT2D eigenvalue weighted by Crippen LogP contribution is 2.15. The number of hydrogen-bond acceptors (Lipinski definition) is 4. The van der Waals surface area contributed by atoms with Gasteiger partial charge in [-0.3, -0.25) is 9.88 Å². The number of likely N-dealkylation sites (N-methyl/N-ethyl adjacent to an activating group) is 2. The number of hydrogen-bond donors (Lipinski definition) is 1. The van der Waals surface area contributed by atoms with E-state index in [1.807, 2.05) is 19.3 Å². The summed E-state index contributed by atoms with van der Waals surface area (Å²) in [6.45, 7) is 6.50. The molecule has 2 unspecified atom stereocenters. The van der Waals surface area contributed by atoms with Crippen molar-refractivity contribution in [1.82, 2.24) is 20.1 Å². The van der Waals surface area contributed by atoms with E-state index in [-0.39, 0.29) is 0 Å². The van der Waals surface area contributed by atoms with Crippen LogP contribution in [-0.2, 0) is 6.54 Å². The fourth-order valence-corrected chi connectivity index (χ4v) is 2.58. The smallest absolute Gasteiger partial charge is 0.0544 e. The first-order valence-corrected chi connectivity index (χ1v) is 6.69. The van der Waals surface area contributed by atoms with E-state index in [9.17, 15) is 0 Å². The van der Waals surface area contributed by atoms with Gasteiger partial charge in [-0.05, 0) is 33.2 Å². The minimum atomic E-state index is 0.568. The van der Waals surface area contributed by atoms with Gasteiger partial charge in [-0.25, -0.2) is 0 Å². The van der Waals surface area contributed by atoms with Crippen LogP contribution in [0.2, 0.25) is 0 Å². The third kappa shape index (κ3) is 3.28. The lowest BCUT2D eigenvalue weighted by molar-refractivity contribution is 0.0460. The zero-order chi connectivity index (χ0) is 13.0. The van der Waals surface area contributed by atoms with E-state index in [0.29, 0.717) is 12.1 Å². The first-order valence-electron chi connectivity index (χ1n) is 6.69. The van der Waals surface area contributed by atoms with E-state index in [2.05, 4.69) is 46.2 Å². The summed E-state index contributed by atoms with van der Waals surface area (Å²) in [5.41, 5.74) is 1.16. The second-order valence-corrected chi connectivity index (χ2v) is 5.25. The molecule has 1 fully saturated rings. The van der Waals surface area contributed by atoms with E-state index in [4.69, 9.17) is 0 Å². The van der Waals surface area contributed by atoms with Crippen molar-refractivity contribution in [2.45, 2.75) is 25.6 Å². The van der Waals surface area contributed by atoms with Crippen LogP contribution in [-0.4, -0.2) is 60.6 Å². The molecule has 0 amide bonds. The van der Waals surface area contributed by atoms with Crippen LogP contribution in [0, 0.1) is 0 Å². The summed E-state index contributed by atoms with van der Waals surface area (Å²) in [5, 5.41) is 3.30. The Morgan fingerprint density at radius 3 is 2.89 bits per heavy atom. The Balaban J connectivity index is 2.03. The van der Waals surface area contributed by atoms with Gasteiger partial charge >= 0.3 is 0 Å². The fourth-order valence-electron chi connectivity index (χ4n) is 2.58. The van der Waals surface area contributed by atoms with Crippen LogP contribution in [0.3, 0.4) is 0 Å². The van der Waals surface area contributed by atoms with Gasteiger partial charge in [0.15, 0.2) is 0 Å². The molecule has 1 saturated heterocycles. The topological polar surface area (TPSA) is 31.4 Å². The summed E-state index contributed by atoms with van der Waals surface area (Å²) in [4.78, 5) is 9.42. The molecule has 1 aromatic heterocycles. The van der Waals surface area contributed by atoms with Crippen LogP contribution in [0.5, 0.6) is 0 Å². The summed E-state index contributed by atoms with van der Waals surface area (Å²) in [7, 11) is 4.24. The molecule has 0 aliphatic carbocycles. The van der Waals surface area contributed by atoms with Gasteiger partial charge in [-0.2, -0.15) is 0 Å². The summed E-state index contributed by atoms with van der Waals surface area (Å²) in [5.74, 6) is 0. The van der Waals surface area contributed by atoms with Gasteiger partial charge in [0.2, 0.25) is 0 Å². The van der Waals surface area contributed by atoms with E-state index >= 15 is 0 Å². The Morgan fingerprint density at radius 1 is 1.39 bits per heavy atom. The molecule has 1 aromatic rings. The highest BCUT2D eigenvalue weighted by Gasteiger charge is 2.29. The van der Waals surface area contributed by atoms with Gasteiger partial charge in [0.05, 0.1) is 5.69 Å². The van der Waals surface area contributed by atoms with E-state index in [1.165, 1.54) is 0 Å². The molecule has 1 aliphatic rings. The first kappa shape index (κ1) is 13.5. The molecule has 100 valence electrons. The maximum atomic E-state index is 4.44. The molecule has 2 heterocycles. The lowest BCUT2D eigenvalue weighted by Crippen LogP contribution is -2.58. The third-order valence-corrected chi connectivity index (χ3v) is 3.80. The number of rotatable bonds is 4. The van der Waals surface area contributed by atoms with E-state index in [1.54, 1.807) is 0 Å². The van der Waals surface area contributed by atoms with Gasteiger partial charge < -0.3 is 10.2 Å². The summed E-state index contributed by atoms with van der Waals surface area (Å²) >= 11 is 0. The number of nitrogens with zero attached hydrogens (tertiary/aromatic N) is 3. The van der Waals surface area contributed by atoms with Crippen LogP contribution in [0.25, 0.3) is 0 Å². The highest BCUT2D eigenvalue weighted by molar-refractivity contribution is 5.04. The molecule has 1 aliphatic heterocycles. The monoisotopic (exact) mass is 248 g/mol. The summed E-state index contributed by atoms with van der Waals surface area (Å²) in [6, 6.07) is 7.33. The second-order valence-electron chi connectivity index (χ2n) is 5.25. The molecule has 2 rings (SSSR count). The molecular formula is C14H24N4. The van der Waals surface area contributed by atoms with Crippen LogP contribution in [0.4, 0.5) is 0 Å². The van der Waals surface area contributed by atoms with Gasteiger partial charge in [0.25, 0.3) is 0 Å². The molecule has 0 radical (unpaired) electrons. The van der Waals surface area contributed by atoms with Crippen LogP contribution >= 0.6 is 0 Å². The Morgan fingerprint density at radius 2 is 2.22 bits per heavy atom. The van der Waals surface area contributed by atoms with Gasteiger partial charge in [-0.15, -0.1) is 0 Å². The van der Waals surface area contributed by atoms with Crippen molar-refractivity contribution in [1.29, 1.82) is 0 Å². The maximum absolute atomic E-state index is 4.44. The molecule has 0 spiro atoms. The third-order valence-electron chi connectivity index (χ3n) is 3.80. The molecule has 2 atom stereocenters. The van der Waals surface area contributed by atoms with E-state index < -0.39 is 0 Å². The first-order chi connectivity index (χ1) is 8.70. The van der Waals surface area contributed by atoms with Crippen molar-refractivity contribution in [3.63, 3.8) is 0 Å². The lowest BCUT2D eigenvalue weighted by atomic mass is 10.1. The molecule has 0 saturated carbocycles. The summed E-state index contributed by atoms with van der Waals surface area (Å²) in [6.07, 6.45) is 1.88. The normalized spacial score (nSPS) is 26.4. The molecular weight excluding hydrogens is 224 g/mol. The summed E-state index contributed by atoms with van der Waals surface area (Å²) < 4.78 is 0. The zero-order valence-corrected chi connectivity index (χ0v) is 11.6. The second kappa shape index (κ2) is 6.27.